The summed E-state index contributed by atoms with van der Waals surface area (Å²) in [7, 11) is 0. The number of carbonyl (C=O) groups excluding carboxylic acids is 1. The van der Waals surface area contributed by atoms with E-state index in [4.69, 9.17) is 11.5 Å². The highest BCUT2D eigenvalue weighted by atomic mass is 16.4. The van der Waals surface area contributed by atoms with Gasteiger partial charge in [0.2, 0.25) is 0 Å². The molecular formula is C14H22N2O3. The molecule has 19 heavy (non-hydrogen) atoms. The molecule has 0 aromatic carbocycles. The molecular weight excluding hydrogens is 244 g/mol. The van der Waals surface area contributed by atoms with Crippen LogP contribution in [0.2, 0.25) is 0 Å². The van der Waals surface area contributed by atoms with Crippen LogP contribution in [0.5, 0.6) is 0 Å². The number of urea groups is 1. The van der Waals surface area contributed by atoms with Gasteiger partial charge in [-0.2, -0.15) is 0 Å². The number of nitrogens with one attached hydrogen (secondary N) is 2. The number of rotatable bonds is 4. The van der Waals surface area contributed by atoms with E-state index in [-0.39, 0.29) is 12.5 Å². The van der Waals surface area contributed by atoms with Crippen LogP contribution in [0.3, 0.4) is 0 Å². The van der Waals surface area contributed by atoms with Gasteiger partial charge in [0.05, 0.1) is 0 Å². The highest BCUT2D eigenvalue weighted by Gasteiger charge is 2.27. The molecule has 4 unspecified atom stereocenters. The highest BCUT2D eigenvalue weighted by Crippen LogP contribution is 2.28. The number of amides is 2. The molecule has 5 heteroatoms. The summed E-state index contributed by atoms with van der Waals surface area (Å²) in [4.78, 5) is 22.7. The lowest BCUT2D eigenvalue weighted by Crippen LogP contribution is -2.51. The molecule has 1 saturated carbocycles. The lowest BCUT2D eigenvalue weighted by molar-refractivity contribution is -0.139. The zero-order valence-electron chi connectivity index (χ0n) is 11.5. The summed E-state index contributed by atoms with van der Waals surface area (Å²) >= 11 is 0. The molecule has 0 heterocycles. The van der Waals surface area contributed by atoms with Gasteiger partial charge in [0.25, 0.3) is 0 Å². The molecule has 0 radical (unpaired) electrons. The summed E-state index contributed by atoms with van der Waals surface area (Å²) in [6.45, 7) is 4.32. The highest BCUT2D eigenvalue weighted by molar-refractivity contribution is 5.82. The SMILES string of the molecule is C#CCC(NC(=O)NC1CCC(C)CC1C)C(=O)O. The third kappa shape index (κ3) is 4.82. The van der Waals surface area contributed by atoms with Crippen molar-refractivity contribution in [2.24, 2.45) is 11.8 Å². The molecule has 0 aliphatic heterocycles. The first kappa shape index (κ1) is 15.4. The van der Waals surface area contributed by atoms with Gasteiger partial charge >= 0.3 is 12.0 Å². The molecule has 0 saturated heterocycles. The molecule has 5 nitrogen and oxygen atoms in total. The van der Waals surface area contributed by atoms with Crippen LogP contribution < -0.4 is 10.6 Å². The van der Waals surface area contributed by atoms with Crippen LogP contribution in [0.15, 0.2) is 0 Å². The van der Waals surface area contributed by atoms with E-state index >= 15 is 0 Å². The van der Waals surface area contributed by atoms with Gasteiger partial charge in [-0.15, -0.1) is 12.3 Å². The van der Waals surface area contributed by atoms with E-state index in [1.807, 2.05) is 0 Å². The summed E-state index contributed by atoms with van der Waals surface area (Å²) in [5, 5.41) is 14.2. The van der Waals surface area contributed by atoms with E-state index in [2.05, 4.69) is 30.4 Å². The Balaban J connectivity index is 2.46. The first-order valence-electron chi connectivity index (χ1n) is 6.67. The fourth-order valence-electron chi connectivity index (χ4n) is 2.57. The number of hydrogen-bond donors (Lipinski definition) is 3. The van der Waals surface area contributed by atoms with E-state index in [1.165, 1.54) is 0 Å². The number of terminal acetylenes is 1. The first-order valence-corrected chi connectivity index (χ1v) is 6.67. The minimum Gasteiger partial charge on any atom is -0.480 e. The minimum atomic E-state index is -1.11. The van der Waals surface area contributed by atoms with Crippen molar-refractivity contribution in [3.05, 3.63) is 0 Å². The maximum atomic E-state index is 11.8. The Morgan fingerprint density at radius 1 is 1.42 bits per heavy atom. The van der Waals surface area contributed by atoms with Gasteiger partial charge in [-0.1, -0.05) is 13.8 Å². The molecule has 0 spiro atoms. The topological polar surface area (TPSA) is 78.4 Å². The van der Waals surface area contributed by atoms with Gasteiger partial charge in [0.15, 0.2) is 0 Å². The predicted molar refractivity (Wildman–Crippen MR) is 72.5 cm³/mol. The van der Waals surface area contributed by atoms with Crippen LogP contribution in [0.25, 0.3) is 0 Å². The Morgan fingerprint density at radius 3 is 2.63 bits per heavy atom. The van der Waals surface area contributed by atoms with Crippen LogP contribution in [0.4, 0.5) is 4.79 Å². The summed E-state index contributed by atoms with van der Waals surface area (Å²) in [6, 6.07) is -1.37. The van der Waals surface area contributed by atoms with Crippen molar-refractivity contribution in [3.8, 4) is 12.3 Å². The molecule has 1 fully saturated rings. The Labute approximate surface area is 114 Å². The van der Waals surface area contributed by atoms with Gasteiger partial charge in [0.1, 0.15) is 6.04 Å². The molecule has 1 aliphatic rings. The van der Waals surface area contributed by atoms with E-state index in [0.717, 1.165) is 19.3 Å². The normalized spacial score (nSPS) is 27.9. The number of carboxylic acids is 1. The van der Waals surface area contributed by atoms with E-state index in [1.54, 1.807) is 0 Å². The van der Waals surface area contributed by atoms with E-state index in [0.29, 0.717) is 11.8 Å². The first-order chi connectivity index (χ1) is 8.93. The zero-order valence-corrected chi connectivity index (χ0v) is 11.5. The number of aliphatic carboxylic acids is 1. The maximum Gasteiger partial charge on any atom is 0.327 e. The van der Waals surface area contributed by atoms with Crippen LogP contribution in [0.1, 0.15) is 39.5 Å². The maximum absolute atomic E-state index is 11.8. The minimum absolute atomic E-state index is 0.0139. The summed E-state index contributed by atoms with van der Waals surface area (Å²) in [5.41, 5.74) is 0. The van der Waals surface area contributed by atoms with Gasteiger partial charge in [-0.3, -0.25) is 0 Å². The molecule has 3 N–H and O–H groups in total. The van der Waals surface area contributed by atoms with Crippen molar-refractivity contribution < 1.29 is 14.7 Å². The number of carboxylic acid groups (broad SMARTS) is 1. The molecule has 1 rings (SSSR count). The second kappa shape index (κ2) is 7.03. The second-order valence-electron chi connectivity index (χ2n) is 5.42. The Bertz CT molecular complexity index is 375. The fraction of sp³-hybridized carbons (Fsp3) is 0.714. The molecule has 0 bridgehead atoms. The van der Waals surface area contributed by atoms with Crippen LogP contribution in [-0.2, 0) is 4.79 Å². The van der Waals surface area contributed by atoms with Crippen molar-refractivity contribution in [2.45, 2.75) is 51.6 Å². The smallest absolute Gasteiger partial charge is 0.327 e. The number of hydrogen-bond acceptors (Lipinski definition) is 2. The van der Waals surface area contributed by atoms with E-state index in [9.17, 15) is 9.59 Å². The lowest BCUT2D eigenvalue weighted by atomic mass is 9.80. The Hall–Kier alpha value is -1.70. The molecule has 4 atom stereocenters. The molecule has 0 aromatic heterocycles. The molecule has 1 aliphatic carbocycles. The van der Waals surface area contributed by atoms with Gasteiger partial charge in [-0.25, -0.2) is 9.59 Å². The summed E-state index contributed by atoms with van der Waals surface area (Å²) in [6.07, 6.45) is 8.17. The van der Waals surface area contributed by atoms with Crippen molar-refractivity contribution in [3.63, 3.8) is 0 Å². The Morgan fingerprint density at radius 2 is 2.11 bits per heavy atom. The summed E-state index contributed by atoms with van der Waals surface area (Å²) < 4.78 is 0. The third-order valence-corrected chi connectivity index (χ3v) is 3.67. The van der Waals surface area contributed by atoms with Crippen molar-refractivity contribution in [1.82, 2.24) is 10.6 Å². The predicted octanol–water partition coefficient (Wildman–Crippen LogP) is 1.59. The molecule has 106 valence electrons. The monoisotopic (exact) mass is 266 g/mol. The largest absolute Gasteiger partial charge is 0.480 e. The quantitative estimate of drug-likeness (QED) is 0.676. The fourth-order valence-corrected chi connectivity index (χ4v) is 2.57. The lowest BCUT2D eigenvalue weighted by Gasteiger charge is -2.33. The number of carbonyl (C=O) groups is 2. The average molecular weight is 266 g/mol. The van der Waals surface area contributed by atoms with Crippen LogP contribution in [0, 0.1) is 24.2 Å². The van der Waals surface area contributed by atoms with Crippen LogP contribution >= 0.6 is 0 Å². The second-order valence-corrected chi connectivity index (χ2v) is 5.42. The van der Waals surface area contributed by atoms with Gasteiger partial charge < -0.3 is 15.7 Å². The van der Waals surface area contributed by atoms with E-state index < -0.39 is 18.0 Å². The van der Waals surface area contributed by atoms with Gasteiger partial charge in [-0.05, 0) is 31.1 Å². The van der Waals surface area contributed by atoms with Crippen molar-refractivity contribution in [1.29, 1.82) is 0 Å². The van der Waals surface area contributed by atoms with Gasteiger partial charge in [0, 0.05) is 12.5 Å². The zero-order chi connectivity index (χ0) is 14.4. The molecule has 2 amide bonds. The average Bonchev–Trinajstić information content (AvgIpc) is 2.32. The standard InChI is InChI=1S/C14H22N2O3/c1-4-5-12(13(17)18)16-14(19)15-11-7-6-9(2)8-10(11)3/h1,9-12H,5-8H2,2-3H3,(H,17,18)(H2,15,16,19). The Kier molecular flexibility index (Phi) is 5.68. The summed E-state index contributed by atoms with van der Waals surface area (Å²) in [5.74, 6) is 2.23. The third-order valence-electron chi connectivity index (χ3n) is 3.67. The van der Waals surface area contributed by atoms with Crippen molar-refractivity contribution >= 4 is 12.0 Å². The van der Waals surface area contributed by atoms with Crippen LogP contribution in [-0.4, -0.2) is 29.2 Å². The van der Waals surface area contributed by atoms with Crippen molar-refractivity contribution in [2.75, 3.05) is 0 Å². The molecule has 0 aromatic rings.